The Morgan fingerprint density at radius 1 is 1.45 bits per heavy atom. The molecule has 2 atom stereocenters. The fourth-order valence-corrected chi connectivity index (χ4v) is 3.45. The van der Waals surface area contributed by atoms with Gasteiger partial charge in [0, 0.05) is 6.54 Å². The number of hydrogen-bond donors (Lipinski definition) is 1. The number of aromatic carboxylic acids is 1. The molecule has 1 aliphatic rings. The molecule has 1 aromatic heterocycles. The van der Waals surface area contributed by atoms with Gasteiger partial charge in [0.15, 0.2) is 0 Å². The Balaban J connectivity index is 2.05. The summed E-state index contributed by atoms with van der Waals surface area (Å²) in [6.07, 6.45) is 3.74. The maximum absolute atomic E-state index is 11.4. The number of benzene rings is 1. The van der Waals surface area contributed by atoms with E-state index in [1.165, 1.54) is 19.3 Å². The summed E-state index contributed by atoms with van der Waals surface area (Å²) in [6, 6.07) is 5.32. The smallest absolute Gasteiger partial charge is 0.337 e. The third-order valence-electron chi connectivity index (χ3n) is 4.43. The highest BCUT2D eigenvalue weighted by Gasteiger charge is 2.24. The van der Waals surface area contributed by atoms with Gasteiger partial charge in [-0.25, -0.2) is 9.78 Å². The molecule has 0 radical (unpaired) electrons. The van der Waals surface area contributed by atoms with Crippen LogP contribution in [0.2, 0.25) is 0 Å². The van der Waals surface area contributed by atoms with Crippen molar-refractivity contribution < 1.29 is 9.90 Å². The topological polar surface area (TPSA) is 55.1 Å². The molecule has 2 unspecified atom stereocenters. The predicted molar refractivity (Wildman–Crippen MR) is 77.9 cm³/mol. The van der Waals surface area contributed by atoms with Gasteiger partial charge in [-0.05, 0) is 43.7 Å². The molecule has 0 bridgehead atoms. The Labute approximate surface area is 118 Å². The molecule has 106 valence electrons. The summed E-state index contributed by atoms with van der Waals surface area (Å²) in [5.74, 6) is 1.46. The lowest BCUT2D eigenvalue weighted by molar-refractivity contribution is 0.0698. The number of carboxylic acid groups (broad SMARTS) is 1. The maximum atomic E-state index is 11.4. The molecule has 0 saturated heterocycles. The number of fused-ring (bicyclic) bond motifs is 1. The van der Waals surface area contributed by atoms with Crippen molar-refractivity contribution in [2.24, 2.45) is 11.8 Å². The molecule has 1 fully saturated rings. The van der Waals surface area contributed by atoms with Gasteiger partial charge in [0.1, 0.15) is 5.82 Å². The average Bonchev–Trinajstić information content (AvgIpc) is 2.94. The Kier molecular flexibility index (Phi) is 3.24. The molecule has 0 aliphatic heterocycles. The minimum atomic E-state index is -0.878. The van der Waals surface area contributed by atoms with Crippen molar-refractivity contribution in [3.63, 3.8) is 0 Å². The second-order valence-corrected chi connectivity index (χ2v) is 6.03. The fraction of sp³-hybridized carbons (Fsp3) is 0.500. The summed E-state index contributed by atoms with van der Waals surface area (Å²) in [6.45, 7) is 5.14. The lowest BCUT2D eigenvalue weighted by Gasteiger charge is -2.14. The Morgan fingerprint density at radius 3 is 2.90 bits per heavy atom. The SMILES string of the molecule is Cc1nc2cccc(C(=O)O)c2n1CC1CCC(C)C1. The van der Waals surface area contributed by atoms with Crippen molar-refractivity contribution in [1.29, 1.82) is 0 Å². The summed E-state index contributed by atoms with van der Waals surface area (Å²) in [5, 5.41) is 9.38. The Bertz CT molecular complexity index is 660. The molecule has 0 amide bonds. The minimum Gasteiger partial charge on any atom is -0.478 e. The van der Waals surface area contributed by atoms with Crippen LogP contribution in [0, 0.1) is 18.8 Å². The largest absolute Gasteiger partial charge is 0.478 e. The number of hydrogen-bond acceptors (Lipinski definition) is 2. The predicted octanol–water partition coefficient (Wildman–Crippen LogP) is 3.48. The first kappa shape index (κ1) is 13.2. The van der Waals surface area contributed by atoms with Gasteiger partial charge in [-0.15, -0.1) is 0 Å². The monoisotopic (exact) mass is 272 g/mol. The third kappa shape index (κ3) is 2.19. The van der Waals surface area contributed by atoms with E-state index < -0.39 is 5.97 Å². The van der Waals surface area contributed by atoms with Crippen molar-refractivity contribution in [2.75, 3.05) is 0 Å². The molecule has 20 heavy (non-hydrogen) atoms. The van der Waals surface area contributed by atoms with Crippen LogP contribution >= 0.6 is 0 Å². The van der Waals surface area contributed by atoms with E-state index in [4.69, 9.17) is 0 Å². The molecular weight excluding hydrogens is 252 g/mol. The zero-order chi connectivity index (χ0) is 14.3. The summed E-state index contributed by atoms with van der Waals surface area (Å²) >= 11 is 0. The normalized spacial score (nSPS) is 22.5. The quantitative estimate of drug-likeness (QED) is 0.930. The molecule has 4 heteroatoms. The zero-order valence-electron chi connectivity index (χ0n) is 12.0. The molecule has 1 aliphatic carbocycles. The number of para-hydroxylation sites is 1. The van der Waals surface area contributed by atoms with Crippen LogP contribution in [-0.2, 0) is 6.54 Å². The molecule has 1 heterocycles. The third-order valence-corrected chi connectivity index (χ3v) is 4.43. The standard InChI is InChI=1S/C16H20N2O2/c1-10-6-7-12(8-10)9-18-11(2)17-14-5-3-4-13(15(14)18)16(19)20/h3-5,10,12H,6-9H2,1-2H3,(H,19,20). The van der Waals surface area contributed by atoms with E-state index in [0.717, 1.165) is 29.3 Å². The first-order chi connectivity index (χ1) is 9.56. The zero-order valence-corrected chi connectivity index (χ0v) is 12.0. The molecule has 0 spiro atoms. The highest BCUT2D eigenvalue weighted by molar-refractivity contribution is 6.01. The van der Waals surface area contributed by atoms with Gasteiger partial charge < -0.3 is 9.67 Å². The van der Waals surface area contributed by atoms with Crippen LogP contribution in [0.1, 0.15) is 42.4 Å². The van der Waals surface area contributed by atoms with Crippen LogP contribution in [0.25, 0.3) is 11.0 Å². The van der Waals surface area contributed by atoms with Crippen LogP contribution in [-0.4, -0.2) is 20.6 Å². The van der Waals surface area contributed by atoms with E-state index in [1.807, 2.05) is 13.0 Å². The number of carboxylic acids is 1. The number of imidazole rings is 1. The first-order valence-corrected chi connectivity index (χ1v) is 7.25. The van der Waals surface area contributed by atoms with Crippen LogP contribution in [0.5, 0.6) is 0 Å². The van der Waals surface area contributed by atoms with E-state index in [2.05, 4.69) is 16.5 Å². The molecule has 4 nitrogen and oxygen atoms in total. The van der Waals surface area contributed by atoms with Crippen molar-refractivity contribution in [1.82, 2.24) is 9.55 Å². The average molecular weight is 272 g/mol. The molecule has 1 saturated carbocycles. The van der Waals surface area contributed by atoms with E-state index in [0.29, 0.717) is 11.5 Å². The van der Waals surface area contributed by atoms with Crippen LogP contribution in [0.4, 0.5) is 0 Å². The van der Waals surface area contributed by atoms with Crippen LogP contribution in [0.3, 0.4) is 0 Å². The van der Waals surface area contributed by atoms with Gasteiger partial charge in [-0.2, -0.15) is 0 Å². The fourth-order valence-electron chi connectivity index (χ4n) is 3.45. The van der Waals surface area contributed by atoms with E-state index in [-0.39, 0.29) is 0 Å². The molecule has 1 N–H and O–H groups in total. The second kappa shape index (κ2) is 4.93. The van der Waals surface area contributed by atoms with Gasteiger partial charge in [-0.1, -0.05) is 19.4 Å². The lowest BCUT2D eigenvalue weighted by atomic mass is 10.1. The first-order valence-electron chi connectivity index (χ1n) is 7.25. The number of rotatable bonds is 3. The number of nitrogens with zero attached hydrogens (tertiary/aromatic N) is 2. The van der Waals surface area contributed by atoms with Crippen molar-refractivity contribution in [3.8, 4) is 0 Å². The molecule has 2 aromatic rings. The highest BCUT2D eigenvalue weighted by atomic mass is 16.4. The van der Waals surface area contributed by atoms with Gasteiger partial charge in [0.05, 0.1) is 16.6 Å². The summed E-state index contributed by atoms with van der Waals surface area (Å²) in [4.78, 5) is 15.9. The van der Waals surface area contributed by atoms with Crippen molar-refractivity contribution >= 4 is 17.0 Å². The van der Waals surface area contributed by atoms with Crippen LogP contribution in [0.15, 0.2) is 18.2 Å². The minimum absolute atomic E-state index is 0.356. The second-order valence-electron chi connectivity index (χ2n) is 6.03. The van der Waals surface area contributed by atoms with Gasteiger partial charge in [0.25, 0.3) is 0 Å². The number of carbonyl (C=O) groups is 1. The molecular formula is C16H20N2O2. The Morgan fingerprint density at radius 2 is 2.25 bits per heavy atom. The number of aromatic nitrogens is 2. The lowest BCUT2D eigenvalue weighted by Crippen LogP contribution is -2.11. The van der Waals surface area contributed by atoms with Gasteiger partial charge >= 0.3 is 5.97 Å². The van der Waals surface area contributed by atoms with Gasteiger partial charge in [-0.3, -0.25) is 0 Å². The van der Waals surface area contributed by atoms with Gasteiger partial charge in [0.2, 0.25) is 0 Å². The summed E-state index contributed by atoms with van der Waals surface area (Å²) in [7, 11) is 0. The van der Waals surface area contributed by atoms with Crippen molar-refractivity contribution in [3.05, 3.63) is 29.6 Å². The summed E-state index contributed by atoms with van der Waals surface area (Å²) < 4.78 is 2.10. The van der Waals surface area contributed by atoms with E-state index >= 15 is 0 Å². The highest BCUT2D eigenvalue weighted by Crippen LogP contribution is 2.33. The Hall–Kier alpha value is -1.84. The number of aryl methyl sites for hydroxylation is 1. The summed E-state index contributed by atoms with van der Waals surface area (Å²) in [5.41, 5.74) is 1.92. The van der Waals surface area contributed by atoms with Crippen molar-refractivity contribution in [2.45, 2.75) is 39.7 Å². The van der Waals surface area contributed by atoms with Crippen LogP contribution < -0.4 is 0 Å². The van der Waals surface area contributed by atoms with E-state index in [1.54, 1.807) is 12.1 Å². The molecule has 1 aromatic carbocycles. The maximum Gasteiger partial charge on any atom is 0.337 e. The molecule has 3 rings (SSSR count). The van der Waals surface area contributed by atoms with E-state index in [9.17, 15) is 9.90 Å².